The zero-order valence-electron chi connectivity index (χ0n) is 11.4. The lowest BCUT2D eigenvalue weighted by molar-refractivity contribution is -0.124. The normalized spacial score (nSPS) is 12.3. The number of pyridine rings is 1. The average molecular weight is 270 g/mol. The fourth-order valence-corrected chi connectivity index (χ4v) is 2.11. The van der Waals surface area contributed by atoms with Crippen LogP contribution in [0.25, 0.3) is 10.9 Å². The van der Waals surface area contributed by atoms with E-state index in [-0.39, 0.29) is 18.1 Å². The van der Waals surface area contributed by atoms with Crippen LogP contribution >= 0.6 is 0 Å². The molecule has 0 aliphatic heterocycles. The lowest BCUT2D eigenvalue weighted by Gasteiger charge is -2.11. The van der Waals surface area contributed by atoms with Crippen molar-refractivity contribution >= 4 is 16.7 Å². The quantitative estimate of drug-likeness (QED) is 0.801. The van der Waals surface area contributed by atoms with Gasteiger partial charge in [0.15, 0.2) is 5.78 Å². The lowest BCUT2D eigenvalue weighted by Crippen LogP contribution is -2.21. The Morgan fingerprint density at radius 1 is 1.40 bits per heavy atom. The van der Waals surface area contributed by atoms with Crippen molar-refractivity contribution in [3.8, 4) is 6.07 Å². The first kappa shape index (κ1) is 14.1. The monoisotopic (exact) mass is 270 g/mol. The molecule has 0 N–H and O–H groups in total. The summed E-state index contributed by atoms with van der Waals surface area (Å²) in [5, 5.41) is 9.90. The van der Waals surface area contributed by atoms with Gasteiger partial charge in [0.05, 0.1) is 11.6 Å². The first-order chi connectivity index (χ1) is 9.52. The molecule has 0 amide bonds. The van der Waals surface area contributed by atoms with Gasteiger partial charge in [-0.15, -0.1) is 0 Å². The predicted molar refractivity (Wildman–Crippen MR) is 74.4 cm³/mol. The summed E-state index contributed by atoms with van der Waals surface area (Å²) in [6.07, 6.45) is 0.0666. The highest BCUT2D eigenvalue weighted by Crippen LogP contribution is 2.20. The van der Waals surface area contributed by atoms with E-state index in [1.165, 1.54) is 0 Å². The van der Waals surface area contributed by atoms with E-state index in [2.05, 4.69) is 4.98 Å². The second-order valence-electron chi connectivity index (χ2n) is 5.07. The van der Waals surface area contributed by atoms with Gasteiger partial charge in [0.25, 0.3) is 0 Å². The van der Waals surface area contributed by atoms with Crippen LogP contribution in [-0.4, -0.2) is 10.8 Å². The number of rotatable bonds is 4. The molecule has 1 heterocycles. The van der Waals surface area contributed by atoms with Crippen molar-refractivity contribution in [2.45, 2.75) is 20.3 Å². The van der Waals surface area contributed by atoms with Gasteiger partial charge >= 0.3 is 0 Å². The van der Waals surface area contributed by atoms with Gasteiger partial charge in [-0.25, -0.2) is 4.98 Å². The molecule has 0 radical (unpaired) electrons. The highest BCUT2D eigenvalue weighted by atomic mass is 19.1. The minimum atomic E-state index is -0.826. The molecule has 1 atom stereocenters. The van der Waals surface area contributed by atoms with Crippen molar-refractivity contribution in [1.82, 2.24) is 4.98 Å². The van der Waals surface area contributed by atoms with Crippen LogP contribution in [0.4, 0.5) is 4.39 Å². The van der Waals surface area contributed by atoms with Gasteiger partial charge in [-0.2, -0.15) is 9.65 Å². The van der Waals surface area contributed by atoms with Crippen LogP contribution < -0.4 is 0 Å². The van der Waals surface area contributed by atoms with Crippen LogP contribution in [0.5, 0.6) is 0 Å². The largest absolute Gasteiger partial charge is 0.298 e. The van der Waals surface area contributed by atoms with E-state index in [4.69, 9.17) is 5.26 Å². The summed E-state index contributed by atoms with van der Waals surface area (Å²) in [6, 6.07) is 10.8. The van der Waals surface area contributed by atoms with Gasteiger partial charge in [0.2, 0.25) is 5.95 Å². The van der Waals surface area contributed by atoms with Gasteiger partial charge < -0.3 is 0 Å². The highest BCUT2D eigenvalue weighted by molar-refractivity contribution is 5.85. The number of carbonyl (C=O) groups excluding carboxylic acids is 1. The molecule has 4 heteroatoms. The zero-order valence-corrected chi connectivity index (χ0v) is 11.4. The number of hydrogen-bond donors (Lipinski definition) is 0. The molecule has 0 saturated carbocycles. The first-order valence-electron chi connectivity index (χ1n) is 6.50. The van der Waals surface area contributed by atoms with Gasteiger partial charge in [-0.05, 0) is 18.6 Å². The zero-order chi connectivity index (χ0) is 14.7. The third-order valence-corrected chi connectivity index (χ3v) is 3.24. The van der Waals surface area contributed by atoms with E-state index in [0.29, 0.717) is 11.1 Å². The van der Waals surface area contributed by atoms with Crippen LogP contribution in [0.2, 0.25) is 0 Å². The molecule has 3 nitrogen and oxygen atoms in total. The van der Waals surface area contributed by atoms with Crippen molar-refractivity contribution in [2.75, 3.05) is 0 Å². The third kappa shape index (κ3) is 2.83. The Morgan fingerprint density at radius 2 is 2.10 bits per heavy atom. The molecule has 2 rings (SSSR count). The van der Waals surface area contributed by atoms with Crippen molar-refractivity contribution in [1.29, 1.82) is 5.26 Å². The Bertz CT molecular complexity index is 688. The Balaban J connectivity index is 2.35. The Kier molecular flexibility index (Phi) is 4.09. The molecule has 0 bridgehead atoms. The van der Waals surface area contributed by atoms with E-state index in [1.807, 2.05) is 18.2 Å². The van der Waals surface area contributed by atoms with Crippen LogP contribution in [0, 0.1) is 29.1 Å². The molecule has 102 valence electrons. The molecule has 20 heavy (non-hydrogen) atoms. The average Bonchev–Trinajstić information content (AvgIpc) is 2.44. The summed E-state index contributed by atoms with van der Waals surface area (Å²) in [4.78, 5) is 15.8. The smallest absolute Gasteiger partial charge is 0.216 e. The maximum atomic E-state index is 13.9. The molecular formula is C16H15FN2O. The van der Waals surface area contributed by atoms with E-state index >= 15 is 0 Å². The lowest BCUT2D eigenvalue weighted by atomic mass is 9.91. The molecule has 2 aromatic rings. The summed E-state index contributed by atoms with van der Waals surface area (Å²) in [5.74, 6) is -1.84. The number of carbonyl (C=O) groups is 1. The minimum absolute atomic E-state index is 0.0666. The summed E-state index contributed by atoms with van der Waals surface area (Å²) in [7, 11) is 0. The summed E-state index contributed by atoms with van der Waals surface area (Å²) < 4.78 is 13.9. The Morgan fingerprint density at radius 3 is 2.75 bits per heavy atom. The van der Waals surface area contributed by atoms with Crippen molar-refractivity contribution < 1.29 is 9.18 Å². The Hall–Kier alpha value is -2.28. The summed E-state index contributed by atoms with van der Waals surface area (Å²) >= 11 is 0. The fourth-order valence-electron chi connectivity index (χ4n) is 2.11. The number of ketones is 1. The van der Waals surface area contributed by atoms with Crippen LogP contribution in [0.1, 0.15) is 19.4 Å². The van der Waals surface area contributed by atoms with Gasteiger partial charge in [0.1, 0.15) is 5.92 Å². The topological polar surface area (TPSA) is 53.8 Å². The van der Waals surface area contributed by atoms with Crippen molar-refractivity contribution in [3.05, 3.63) is 41.8 Å². The second-order valence-corrected chi connectivity index (χ2v) is 5.07. The number of fused-ring (bicyclic) bond motifs is 1. The SMILES string of the molecule is CC(C)C(=O)C(C#N)Cc1cc2ccccc2nc1F. The second kappa shape index (κ2) is 5.79. The molecular weight excluding hydrogens is 255 g/mol. The number of Topliss-reactive ketones (excluding diaryl/α,β-unsaturated/α-hetero) is 1. The molecule has 0 spiro atoms. The summed E-state index contributed by atoms with van der Waals surface area (Å²) in [5.41, 5.74) is 0.877. The maximum absolute atomic E-state index is 13.9. The number of aromatic nitrogens is 1. The molecule has 1 aromatic carbocycles. The number of hydrogen-bond acceptors (Lipinski definition) is 3. The third-order valence-electron chi connectivity index (χ3n) is 3.24. The standard InChI is InChI=1S/C16H15FN2O/c1-10(2)15(20)13(9-18)8-12-7-11-5-3-4-6-14(11)19-16(12)17/h3-7,10,13H,8H2,1-2H3. The summed E-state index contributed by atoms with van der Waals surface area (Å²) in [6.45, 7) is 3.48. The van der Waals surface area contributed by atoms with Crippen LogP contribution in [-0.2, 0) is 11.2 Å². The van der Waals surface area contributed by atoms with E-state index in [9.17, 15) is 9.18 Å². The minimum Gasteiger partial charge on any atom is -0.298 e. The van der Waals surface area contributed by atoms with Crippen molar-refractivity contribution in [2.24, 2.45) is 11.8 Å². The molecule has 0 saturated heterocycles. The Labute approximate surface area is 117 Å². The fraction of sp³-hybridized carbons (Fsp3) is 0.312. The van der Waals surface area contributed by atoms with E-state index in [0.717, 1.165) is 5.39 Å². The molecule has 1 unspecified atom stereocenters. The van der Waals surface area contributed by atoms with E-state index < -0.39 is 11.9 Å². The number of nitriles is 1. The van der Waals surface area contributed by atoms with Crippen LogP contribution in [0.3, 0.4) is 0 Å². The maximum Gasteiger partial charge on any atom is 0.216 e. The number of benzene rings is 1. The predicted octanol–water partition coefficient (Wildman–Crippen LogP) is 3.28. The van der Waals surface area contributed by atoms with Gasteiger partial charge in [0, 0.05) is 16.9 Å². The molecule has 0 fully saturated rings. The highest BCUT2D eigenvalue weighted by Gasteiger charge is 2.23. The van der Waals surface area contributed by atoms with Crippen LogP contribution in [0.15, 0.2) is 30.3 Å². The number of para-hydroxylation sites is 1. The first-order valence-corrected chi connectivity index (χ1v) is 6.50. The van der Waals surface area contributed by atoms with E-state index in [1.54, 1.807) is 32.0 Å². The molecule has 1 aromatic heterocycles. The molecule has 0 aliphatic rings. The van der Waals surface area contributed by atoms with Crippen molar-refractivity contribution in [3.63, 3.8) is 0 Å². The van der Waals surface area contributed by atoms with Gasteiger partial charge in [-0.1, -0.05) is 32.0 Å². The van der Waals surface area contributed by atoms with Gasteiger partial charge in [-0.3, -0.25) is 4.79 Å². The molecule has 0 aliphatic carbocycles. The number of nitrogens with zero attached hydrogens (tertiary/aromatic N) is 2. The number of halogens is 1.